The molecule has 1 atom stereocenters. The SMILES string of the molecule is CC(C)C[C@@H](NC(=O)c1cnn2c1[nH]c(=O)c1ccccc12)C(=O)O. The smallest absolute Gasteiger partial charge is 0.326 e. The van der Waals surface area contributed by atoms with Gasteiger partial charge in [-0.1, -0.05) is 26.0 Å². The lowest BCUT2D eigenvalue weighted by molar-refractivity contribution is -0.139. The maximum absolute atomic E-state index is 12.5. The quantitative estimate of drug-likeness (QED) is 0.648. The lowest BCUT2D eigenvalue weighted by atomic mass is 10.0. The zero-order chi connectivity index (χ0) is 18.1. The Bertz CT molecular complexity index is 1020. The third kappa shape index (κ3) is 3.10. The summed E-state index contributed by atoms with van der Waals surface area (Å²) in [6, 6.07) is 5.90. The first-order valence-electron chi connectivity index (χ1n) is 7.91. The summed E-state index contributed by atoms with van der Waals surface area (Å²) in [4.78, 5) is 38.7. The van der Waals surface area contributed by atoms with Gasteiger partial charge in [-0.05, 0) is 24.5 Å². The summed E-state index contributed by atoms with van der Waals surface area (Å²) in [6.45, 7) is 3.75. The van der Waals surface area contributed by atoms with Crippen LogP contribution < -0.4 is 10.9 Å². The standard InChI is InChI=1S/C17H18N4O4/c1-9(2)7-12(17(24)25)19-16(23)11-8-18-21-13-6-4-3-5-10(13)15(22)20-14(11)21/h3-6,8-9,12H,7H2,1-2H3,(H,19,23)(H,20,22)(H,24,25)/t12-/m1/s1. The summed E-state index contributed by atoms with van der Waals surface area (Å²) in [5.74, 6) is -1.58. The molecule has 2 aromatic heterocycles. The zero-order valence-electron chi connectivity index (χ0n) is 13.8. The molecule has 0 saturated carbocycles. The Hall–Kier alpha value is -3.16. The van der Waals surface area contributed by atoms with Crippen LogP contribution in [0.2, 0.25) is 0 Å². The molecule has 0 aliphatic rings. The maximum Gasteiger partial charge on any atom is 0.326 e. The number of hydrogen-bond donors (Lipinski definition) is 3. The number of carboxylic acids is 1. The van der Waals surface area contributed by atoms with Crippen molar-refractivity contribution < 1.29 is 14.7 Å². The summed E-state index contributed by atoms with van der Waals surface area (Å²) >= 11 is 0. The molecule has 1 aromatic carbocycles. The number of nitrogens with one attached hydrogen (secondary N) is 2. The summed E-state index contributed by atoms with van der Waals surface area (Å²) in [5, 5.41) is 16.4. The molecule has 3 aromatic rings. The summed E-state index contributed by atoms with van der Waals surface area (Å²) < 4.78 is 1.46. The van der Waals surface area contributed by atoms with Crippen molar-refractivity contribution in [2.24, 2.45) is 5.92 Å². The Morgan fingerprint density at radius 1 is 1.32 bits per heavy atom. The van der Waals surface area contributed by atoms with Crippen molar-refractivity contribution >= 4 is 28.4 Å². The number of carbonyl (C=O) groups is 2. The number of rotatable bonds is 5. The number of carbonyl (C=O) groups excluding carboxylic acids is 1. The molecule has 0 spiro atoms. The van der Waals surface area contributed by atoms with Gasteiger partial charge in [0.1, 0.15) is 17.3 Å². The van der Waals surface area contributed by atoms with Gasteiger partial charge in [0, 0.05) is 0 Å². The minimum atomic E-state index is -1.10. The van der Waals surface area contributed by atoms with E-state index in [1.807, 2.05) is 13.8 Å². The average molecular weight is 342 g/mol. The van der Waals surface area contributed by atoms with E-state index in [1.54, 1.807) is 24.3 Å². The van der Waals surface area contributed by atoms with E-state index in [0.29, 0.717) is 17.3 Å². The lowest BCUT2D eigenvalue weighted by Gasteiger charge is -2.16. The lowest BCUT2D eigenvalue weighted by Crippen LogP contribution is -2.41. The van der Waals surface area contributed by atoms with Crippen molar-refractivity contribution in [1.29, 1.82) is 0 Å². The van der Waals surface area contributed by atoms with Gasteiger partial charge >= 0.3 is 5.97 Å². The van der Waals surface area contributed by atoms with E-state index in [0.717, 1.165) is 0 Å². The molecule has 0 aliphatic heterocycles. The number of carboxylic acid groups (broad SMARTS) is 1. The van der Waals surface area contributed by atoms with Crippen LogP contribution in [0.3, 0.4) is 0 Å². The van der Waals surface area contributed by atoms with E-state index in [1.165, 1.54) is 10.7 Å². The van der Waals surface area contributed by atoms with Gasteiger partial charge in [0.25, 0.3) is 11.5 Å². The third-order valence-corrected chi connectivity index (χ3v) is 3.93. The molecule has 0 bridgehead atoms. The number of nitrogens with zero attached hydrogens (tertiary/aromatic N) is 2. The number of aromatic nitrogens is 3. The topological polar surface area (TPSA) is 117 Å². The molecule has 0 saturated heterocycles. The van der Waals surface area contributed by atoms with Crippen LogP contribution in [0.1, 0.15) is 30.6 Å². The Kier molecular flexibility index (Phi) is 4.26. The summed E-state index contributed by atoms with van der Waals surface area (Å²) in [5.41, 5.74) is 0.583. The number of para-hydroxylation sites is 1. The minimum absolute atomic E-state index is 0.106. The highest BCUT2D eigenvalue weighted by molar-refractivity contribution is 6.02. The van der Waals surface area contributed by atoms with E-state index in [-0.39, 0.29) is 22.7 Å². The molecular weight excluding hydrogens is 324 g/mol. The molecule has 0 aliphatic carbocycles. The predicted molar refractivity (Wildman–Crippen MR) is 91.7 cm³/mol. The predicted octanol–water partition coefficient (Wildman–Crippen LogP) is 1.40. The molecule has 2 heterocycles. The first-order chi connectivity index (χ1) is 11.9. The second-order valence-electron chi connectivity index (χ2n) is 6.28. The molecule has 25 heavy (non-hydrogen) atoms. The van der Waals surface area contributed by atoms with Gasteiger partial charge in [-0.25, -0.2) is 9.31 Å². The van der Waals surface area contributed by atoms with Crippen LogP contribution in [-0.4, -0.2) is 37.6 Å². The highest BCUT2D eigenvalue weighted by Crippen LogP contribution is 2.15. The number of H-pyrrole nitrogens is 1. The molecule has 8 heteroatoms. The van der Waals surface area contributed by atoms with Gasteiger partial charge < -0.3 is 15.4 Å². The zero-order valence-corrected chi connectivity index (χ0v) is 13.8. The number of aliphatic carboxylic acids is 1. The number of aromatic amines is 1. The van der Waals surface area contributed by atoms with Crippen LogP contribution in [0.25, 0.3) is 16.6 Å². The number of hydrogen-bond acceptors (Lipinski definition) is 4. The van der Waals surface area contributed by atoms with Gasteiger partial charge in [-0.2, -0.15) is 5.10 Å². The molecule has 3 rings (SSSR count). The Balaban J connectivity index is 2.03. The first-order valence-corrected chi connectivity index (χ1v) is 7.91. The van der Waals surface area contributed by atoms with Gasteiger partial charge in [0.15, 0.2) is 0 Å². The fourth-order valence-corrected chi connectivity index (χ4v) is 2.77. The molecule has 130 valence electrons. The Morgan fingerprint density at radius 3 is 2.72 bits per heavy atom. The van der Waals surface area contributed by atoms with Crippen molar-refractivity contribution in [2.75, 3.05) is 0 Å². The summed E-state index contributed by atoms with van der Waals surface area (Å²) in [6.07, 6.45) is 1.63. The van der Waals surface area contributed by atoms with Crippen molar-refractivity contribution in [2.45, 2.75) is 26.3 Å². The molecular formula is C17H18N4O4. The van der Waals surface area contributed by atoms with Gasteiger partial charge in [0.2, 0.25) is 0 Å². The van der Waals surface area contributed by atoms with Gasteiger partial charge in [-0.15, -0.1) is 0 Å². The number of benzene rings is 1. The minimum Gasteiger partial charge on any atom is -0.480 e. The van der Waals surface area contributed by atoms with E-state index in [9.17, 15) is 19.5 Å². The number of fused-ring (bicyclic) bond motifs is 3. The van der Waals surface area contributed by atoms with E-state index < -0.39 is 17.9 Å². The average Bonchev–Trinajstić information content (AvgIpc) is 2.98. The molecule has 0 unspecified atom stereocenters. The van der Waals surface area contributed by atoms with Crippen LogP contribution in [0.4, 0.5) is 0 Å². The van der Waals surface area contributed by atoms with Crippen molar-refractivity contribution in [3.8, 4) is 0 Å². The van der Waals surface area contributed by atoms with Crippen LogP contribution in [-0.2, 0) is 4.79 Å². The Morgan fingerprint density at radius 2 is 2.04 bits per heavy atom. The van der Waals surface area contributed by atoms with Crippen LogP contribution in [0.15, 0.2) is 35.3 Å². The van der Waals surface area contributed by atoms with E-state index in [4.69, 9.17) is 0 Å². The molecule has 8 nitrogen and oxygen atoms in total. The first kappa shape index (κ1) is 16.7. The second-order valence-corrected chi connectivity index (χ2v) is 6.28. The van der Waals surface area contributed by atoms with Gasteiger partial charge in [0.05, 0.1) is 17.1 Å². The van der Waals surface area contributed by atoms with E-state index in [2.05, 4.69) is 15.4 Å². The molecule has 0 fully saturated rings. The molecule has 1 amide bonds. The largest absolute Gasteiger partial charge is 0.480 e. The number of amides is 1. The fraction of sp³-hybridized carbons (Fsp3) is 0.294. The molecule has 0 radical (unpaired) electrons. The van der Waals surface area contributed by atoms with Crippen LogP contribution in [0.5, 0.6) is 0 Å². The fourth-order valence-electron chi connectivity index (χ4n) is 2.77. The highest BCUT2D eigenvalue weighted by atomic mass is 16.4. The normalized spacial score (nSPS) is 12.6. The monoisotopic (exact) mass is 342 g/mol. The Labute approximate surface area is 142 Å². The van der Waals surface area contributed by atoms with Crippen molar-refractivity contribution in [3.05, 3.63) is 46.4 Å². The second kappa shape index (κ2) is 6.39. The van der Waals surface area contributed by atoms with Crippen LogP contribution >= 0.6 is 0 Å². The highest BCUT2D eigenvalue weighted by Gasteiger charge is 2.24. The maximum atomic E-state index is 12.5. The van der Waals surface area contributed by atoms with Crippen molar-refractivity contribution in [3.63, 3.8) is 0 Å². The van der Waals surface area contributed by atoms with Crippen molar-refractivity contribution in [1.82, 2.24) is 19.9 Å². The summed E-state index contributed by atoms with van der Waals surface area (Å²) in [7, 11) is 0. The van der Waals surface area contributed by atoms with Gasteiger partial charge in [-0.3, -0.25) is 9.59 Å². The molecule has 3 N–H and O–H groups in total. The van der Waals surface area contributed by atoms with E-state index >= 15 is 0 Å². The third-order valence-electron chi connectivity index (χ3n) is 3.93. The van der Waals surface area contributed by atoms with Crippen LogP contribution in [0, 0.1) is 5.92 Å².